The molecule has 3 heteroatoms. The van der Waals surface area contributed by atoms with Crippen LogP contribution in [0.15, 0.2) is 54.6 Å². The Morgan fingerprint density at radius 3 is 2.52 bits per heavy atom. The number of nitrogens with zero attached hydrogens (tertiary/aromatic N) is 1. The molecule has 1 aliphatic carbocycles. The summed E-state index contributed by atoms with van der Waals surface area (Å²) >= 11 is 0. The van der Waals surface area contributed by atoms with Crippen molar-refractivity contribution in [2.75, 3.05) is 6.54 Å². The maximum atomic E-state index is 13.4. The number of hydrogen-bond acceptors (Lipinski definition) is 2. The van der Waals surface area contributed by atoms with Crippen molar-refractivity contribution in [3.05, 3.63) is 71.5 Å². The van der Waals surface area contributed by atoms with Gasteiger partial charge < -0.3 is 5.11 Å². The summed E-state index contributed by atoms with van der Waals surface area (Å²) in [6, 6.07) is 17.0. The molecule has 0 saturated heterocycles. The van der Waals surface area contributed by atoms with Crippen LogP contribution in [0.5, 0.6) is 0 Å². The van der Waals surface area contributed by atoms with E-state index in [9.17, 15) is 9.50 Å². The number of aliphatic hydroxyl groups excluding tert-OH is 1. The van der Waals surface area contributed by atoms with Crippen LogP contribution in [0.2, 0.25) is 0 Å². The molecule has 23 heavy (non-hydrogen) atoms. The molecule has 0 bridgehead atoms. The van der Waals surface area contributed by atoms with Gasteiger partial charge in [0.25, 0.3) is 0 Å². The Bertz CT molecular complexity index is 627. The summed E-state index contributed by atoms with van der Waals surface area (Å²) in [5.74, 6) is 0.421. The number of aliphatic hydroxyl groups is 1. The van der Waals surface area contributed by atoms with Crippen molar-refractivity contribution in [2.24, 2.45) is 5.92 Å². The summed E-state index contributed by atoms with van der Waals surface area (Å²) in [7, 11) is 0. The maximum Gasteiger partial charge on any atom is 0.123 e. The first-order valence-electron chi connectivity index (χ1n) is 8.35. The molecule has 1 saturated carbocycles. The van der Waals surface area contributed by atoms with E-state index in [1.807, 2.05) is 18.2 Å². The van der Waals surface area contributed by atoms with Gasteiger partial charge in [-0.2, -0.15) is 0 Å². The Morgan fingerprint density at radius 1 is 1.13 bits per heavy atom. The summed E-state index contributed by atoms with van der Waals surface area (Å²) in [6.45, 7) is 3.57. The minimum Gasteiger partial charge on any atom is -0.387 e. The zero-order valence-electron chi connectivity index (χ0n) is 13.5. The quantitative estimate of drug-likeness (QED) is 0.829. The van der Waals surface area contributed by atoms with Crippen LogP contribution in [-0.4, -0.2) is 22.6 Å². The second-order valence-corrected chi connectivity index (χ2v) is 6.56. The Balaban J connectivity index is 1.72. The highest BCUT2D eigenvalue weighted by molar-refractivity contribution is 5.19. The third-order valence-corrected chi connectivity index (χ3v) is 4.75. The minimum atomic E-state index is -0.671. The minimum absolute atomic E-state index is 0.300. The highest BCUT2D eigenvalue weighted by atomic mass is 19.1. The van der Waals surface area contributed by atoms with Crippen molar-refractivity contribution in [3.8, 4) is 0 Å². The maximum absolute atomic E-state index is 13.4. The fourth-order valence-corrected chi connectivity index (χ4v) is 3.11. The van der Waals surface area contributed by atoms with E-state index >= 15 is 0 Å². The summed E-state index contributed by atoms with van der Waals surface area (Å²) in [5.41, 5.74) is 1.89. The van der Waals surface area contributed by atoms with E-state index in [0.29, 0.717) is 18.2 Å². The molecule has 0 spiro atoms. The largest absolute Gasteiger partial charge is 0.387 e. The lowest BCUT2D eigenvalue weighted by Gasteiger charge is -2.31. The Hall–Kier alpha value is -1.71. The molecule has 0 amide bonds. The van der Waals surface area contributed by atoms with Crippen molar-refractivity contribution in [1.29, 1.82) is 0 Å². The first-order chi connectivity index (χ1) is 11.1. The van der Waals surface area contributed by atoms with Gasteiger partial charge in [0.05, 0.1) is 6.10 Å². The SMILES string of the molecule is CC(C1CC1)N(Cc1ccccc1)CC(O)c1cccc(F)c1. The Morgan fingerprint density at radius 2 is 1.87 bits per heavy atom. The molecule has 0 radical (unpaired) electrons. The van der Waals surface area contributed by atoms with Gasteiger partial charge in [-0.3, -0.25) is 4.90 Å². The topological polar surface area (TPSA) is 23.5 Å². The van der Waals surface area contributed by atoms with E-state index in [1.54, 1.807) is 12.1 Å². The molecular formula is C20H24FNO. The second-order valence-electron chi connectivity index (χ2n) is 6.56. The molecule has 2 nitrogen and oxygen atoms in total. The number of benzene rings is 2. The molecule has 2 aromatic carbocycles. The van der Waals surface area contributed by atoms with Gasteiger partial charge in [0.15, 0.2) is 0 Å². The molecule has 1 aliphatic rings. The zero-order chi connectivity index (χ0) is 16.2. The lowest BCUT2D eigenvalue weighted by molar-refractivity contribution is 0.0792. The fraction of sp³-hybridized carbons (Fsp3) is 0.400. The summed E-state index contributed by atoms with van der Waals surface area (Å²) in [6.07, 6.45) is 1.86. The van der Waals surface area contributed by atoms with E-state index in [4.69, 9.17) is 0 Å². The molecule has 0 aliphatic heterocycles. The van der Waals surface area contributed by atoms with Crippen molar-refractivity contribution >= 4 is 0 Å². The predicted octanol–water partition coefficient (Wildman–Crippen LogP) is 4.16. The van der Waals surface area contributed by atoms with Gasteiger partial charge in [0.1, 0.15) is 5.82 Å². The van der Waals surface area contributed by atoms with Gasteiger partial charge in [-0.15, -0.1) is 0 Å². The van der Waals surface area contributed by atoms with Crippen molar-refractivity contribution in [2.45, 2.75) is 38.5 Å². The number of hydrogen-bond donors (Lipinski definition) is 1. The molecule has 0 aromatic heterocycles. The number of rotatable bonds is 7. The molecule has 2 aromatic rings. The Kier molecular flexibility index (Phi) is 5.09. The second kappa shape index (κ2) is 7.24. The number of halogens is 1. The van der Waals surface area contributed by atoms with E-state index in [2.05, 4.69) is 24.0 Å². The van der Waals surface area contributed by atoms with Crippen molar-refractivity contribution in [1.82, 2.24) is 4.90 Å². The zero-order valence-corrected chi connectivity index (χ0v) is 13.5. The van der Waals surface area contributed by atoms with Crippen LogP contribution in [-0.2, 0) is 6.54 Å². The van der Waals surface area contributed by atoms with Crippen LogP contribution < -0.4 is 0 Å². The molecular weight excluding hydrogens is 289 g/mol. The first kappa shape index (κ1) is 16.2. The molecule has 1 N–H and O–H groups in total. The lowest BCUT2D eigenvalue weighted by atomic mass is 10.1. The van der Waals surface area contributed by atoms with E-state index in [0.717, 1.165) is 12.5 Å². The molecule has 122 valence electrons. The normalized spacial score (nSPS) is 17.2. The standard InChI is InChI=1S/C20H24FNO/c1-15(17-10-11-17)22(13-16-6-3-2-4-7-16)14-20(23)18-8-5-9-19(21)12-18/h2-9,12,15,17,20,23H,10-11,13-14H2,1H3. The molecule has 2 atom stereocenters. The first-order valence-corrected chi connectivity index (χ1v) is 8.35. The molecule has 1 fully saturated rings. The van der Waals surface area contributed by atoms with Gasteiger partial charge in [-0.05, 0) is 48.9 Å². The summed E-state index contributed by atoms with van der Waals surface area (Å²) < 4.78 is 13.4. The van der Waals surface area contributed by atoms with Crippen LogP contribution in [0.1, 0.15) is 37.0 Å². The van der Waals surface area contributed by atoms with Crippen LogP contribution in [0, 0.1) is 11.7 Å². The highest BCUT2D eigenvalue weighted by Gasteiger charge is 2.32. The van der Waals surface area contributed by atoms with Gasteiger partial charge in [0.2, 0.25) is 0 Å². The van der Waals surface area contributed by atoms with Gasteiger partial charge in [0, 0.05) is 19.1 Å². The monoisotopic (exact) mass is 313 g/mol. The highest BCUT2D eigenvalue weighted by Crippen LogP contribution is 2.36. The summed E-state index contributed by atoms with van der Waals surface area (Å²) in [5, 5.41) is 10.5. The van der Waals surface area contributed by atoms with Gasteiger partial charge >= 0.3 is 0 Å². The summed E-state index contributed by atoms with van der Waals surface area (Å²) in [4.78, 5) is 2.32. The van der Waals surface area contributed by atoms with Crippen LogP contribution in [0.25, 0.3) is 0 Å². The molecule has 0 heterocycles. The van der Waals surface area contributed by atoms with Crippen molar-refractivity contribution < 1.29 is 9.50 Å². The Labute approximate surface area is 137 Å². The van der Waals surface area contributed by atoms with Crippen LogP contribution >= 0.6 is 0 Å². The van der Waals surface area contributed by atoms with E-state index in [1.165, 1.54) is 30.5 Å². The van der Waals surface area contributed by atoms with Gasteiger partial charge in [-0.1, -0.05) is 42.5 Å². The predicted molar refractivity (Wildman–Crippen MR) is 90.4 cm³/mol. The average Bonchev–Trinajstić information content (AvgIpc) is 3.39. The lowest BCUT2D eigenvalue weighted by Crippen LogP contribution is -2.37. The van der Waals surface area contributed by atoms with E-state index < -0.39 is 6.10 Å². The smallest absolute Gasteiger partial charge is 0.123 e. The third kappa shape index (κ3) is 4.40. The van der Waals surface area contributed by atoms with Gasteiger partial charge in [-0.25, -0.2) is 4.39 Å². The average molecular weight is 313 g/mol. The van der Waals surface area contributed by atoms with Crippen LogP contribution in [0.4, 0.5) is 4.39 Å². The van der Waals surface area contributed by atoms with Crippen molar-refractivity contribution in [3.63, 3.8) is 0 Å². The fourth-order valence-electron chi connectivity index (χ4n) is 3.11. The molecule has 2 unspecified atom stereocenters. The van der Waals surface area contributed by atoms with Crippen LogP contribution in [0.3, 0.4) is 0 Å². The van der Waals surface area contributed by atoms with E-state index in [-0.39, 0.29) is 5.82 Å². The molecule has 3 rings (SSSR count). The third-order valence-electron chi connectivity index (χ3n) is 4.75.